The molecule has 1 aromatic heterocycles. The van der Waals surface area contributed by atoms with Gasteiger partial charge >= 0.3 is 5.69 Å². The molecule has 0 bridgehead atoms. The highest BCUT2D eigenvalue weighted by Crippen LogP contribution is 2.21. The van der Waals surface area contributed by atoms with Crippen LogP contribution in [0.25, 0.3) is 0 Å². The quantitative estimate of drug-likeness (QED) is 0.687. The number of anilines is 2. The summed E-state index contributed by atoms with van der Waals surface area (Å²) in [7, 11) is 0. The lowest BCUT2D eigenvalue weighted by molar-refractivity contribution is -0.116. The fraction of sp³-hybridized carbons (Fsp3) is 0.389. The number of thioether (sulfide) groups is 1. The molecular formula is C18H24N4O3S. The van der Waals surface area contributed by atoms with Crippen molar-refractivity contribution >= 4 is 29.2 Å². The van der Waals surface area contributed by atoms with Crippen molar-refractivity contribution in [2.24, 2.45) is 0 Å². The Balaban J connectivity index is 2.29. The highest BCUT2D eigenvalue weighted by molar-refractivity contribution is 8.00. The zero-order valence-electron chi connectivity index (χ0n) is 15.0. The van der Waals surface area contributed by atoms with Crippen LogP contribution >= 0.6 is 11.8 Å². The average Bonchev–Trinajstić information content (AvgIpc) is 2.63. The van der Waals surface area contributed by atoms with E-state index >= 15 is 0 Å². The molecule has 0 fully saturated rings. The summed E-state index contributed by atoms with van der Waals surface area (Å²) in [5, 5.41) is 0. The predicted octanol–water partition coefficient (Wildman–Crippen LogP) is 2.06. The van der Waals surface area contributed by atoms with Crippen molar-refractivity contribution in [3.05, 3.63) is 51.2 Å². The van der Waals surface area contributed by atoms with Gasteiger partial charge in [-0.2, -0.15) is 0 Å². The van der Waals surface area contributed by atoms with E-state index in [1.165, 1.54) is 21.2 Å². The Labute approximate surface area is 156 Å². The first kappa shape index (κ1) is 19.8. The van der Waals surface area contributed by atoms with Crippen LogP contribution in [-0.2, 0) is 11.3 Å². The van der Waals surface area contributed by atoms with Crippen molar-refractivity contribution in [3.8, 4) is 0 Å². The van der Waals surface area contributed by atoms with Crippen molar-refractivity contribution in [3.63, 3.8) is 0 Å². The molecule has 26 heavy (non-hydrogen) atoms. The number of nitrogens with two attached hydrogens (primary N) is 1. The minimum atomic E-state index is -0.639. The number of nitrogens with zero attached hydrogens (tertiary/aromatic N) is 2. The molecule has 140 valence electrons. The molecule has 0 saturated carbocycles. The monoisotopic (exact) mass is 376 g/mol. The Morgan fingerprint density at radius 3 is 2.54 bits per heavy atom. The van der Waals surface area contributed by atoms with Gasteiger partial charge < -0.3 is 10.6 Å². The van der Waals surface area contributed by atoms with Gasteiger partial charge in [0.25, 0.3) is 5.56 Å². The third-order valence-corrected chi connectivity index (χ3v) is 4.94. The standard InChI is InChI=1S/C18H24N4O3S/c1-3-5-11-22-16(19)15(17(24)20-18(22)25)21(4-2)14(23)12-26-13-9-7-6-8-10-13/h6-10H,3-5,11-12,19H2,1-2H3,(H,20,24,25). The van der Waals surface area contributed by atoms with Crippen molar-refractivity contribution in [1.82, 2.24) is 9.55 Å². The van der Waals surface area contributed by atoms with E-state index in [-0.39, 0.29) is 29.7 Å². The summed E-state index contributed by atoms with van der Waals surface area (Å²) in [4.78, 5) is 41.6. The molecule has 0 radical (unpaired) electrons. The van der Waals surface area contributed by atoms with Crippen molar-refractivity contribution in [1.29, 1.82) is 0 Å². The van der Waals surface area contributed by atoms with Gasteiger partial charge in [0.05, 0.1) is 5.75 Å². The Morgan fingerprint density at radius 1 is 1.23 bits per heavy atom. The van der Waals surface area contributed by atoms with Crippen LogP contribution in [0.2, 0.25) is 0 Å². The summed E-state index contributed by atoms with van der Waals surface area (Å²) in [6, 6.07) is 9.54. The number of H-pyrrole nitrogens is 1. The van der Waals surface area contributed by atoms with E-state index in [1.54, 1.807) is 6.92 Å². The number of nitrogen functional groups attached to an aromatic ring is 1. The Kier molecular flexibility index (Phi) is 7.08. The first-order valence-electron chi connectivity index (χ1n) is 8.60. The summed E-state index contributed by atoms with van der Waals surface area (Å²) in [5.41, 5.74) is 4.95. The predicted molar refractivity (Wildman–Crippen MR) is 106 cm³/mol. The maximum absolute atomic E-state index is 12.7. The van der Waals surface area contributed by atoms with Crippen LogP contribution in [0.3, 0.4) is 0 Å². The van der Waals surface area contributed by atoms with E-state index in [1.807, 2.05) is 37.3 Å². The molecule has 0 saturated heterocycles. The van der Waals surface area contributed by atoms with Gasteiger partial charge in [-0.25, -0.2) is 4.79 Å². The lowest BCUT2D eigenvalue weighted by atomic mass is 10.3. The molecule has 0 aliphatic carbocycles. The van der Waals surface area contributed by atoms with Gasteiger partial charge in [0.1, 0.15) is 5.82 Å². The summed E-state index contributed by atoms with van der Waals surface area (Å²) in [5.74, 6) is -0.0310. The van der Waals surface area contributed by atoms with Crippen LogP contribution in [0.15, 0.2) is 44.8 Å². The van der Waals surface area contributed by atoms with Gasteiger partial charge in [-0.05, 0) is 25.5 Å². The van der Waals surface area contributed by atoms with Crippen LogP contribution in [0, 0.1) is 0 Å². The van der Waals surface area contributed by atoms with Crippen LogP contribution < -0.4 is 21.9 Å². The molecule has 1 aromatic carbocycles. The average molecular weight is 376 g/mol. The maximum Gasteiger partial charge on any atom is 0.330 e. The highest BCUT2D eigenvalue weighted by atomic mass is 32.2. The summed E-state index contributed by atoms with van der Waals surface area (Å²) >= 11 is 1.39. The zero-order chi connectivity index (χ0) is 19.1. The zero-order valence-corrected chi connectivity index (χ0v) is 15.8. The van der Waals surface area contributed by atoms with Crippen LogP contribution in [-0.4, -0.2) is 27.8 Å². The molecular weight excluding hydrogens is 352 g/mol. The van der Waals surface area contributed by atoms with Crippen molar-refractivity contribution in [2.75, 3.05) is 22.9 Å². The summed E-state index contributed by atoms with van der Waals surface area (Å²) in [6.45, 7) is 4.45. The maximum atomic E-state index is 12.7. The van der Waals surface area contributed by atoms with Gasteiger partial charge in [0.15, 0.2) is 5.69 Å². The second kappa shape index (κ2) is 9.28. The number of carbonyl (C=O) groups is 1. The first-order chi connectivity index (χ1) is 12.5. The van der Waals surface area contributed by atoms with Crippen LogP contribution in [0.4, 0.5) is 11.5 Å². The largest absolute Gasteiger partial charge is 0.383 e. The number of amides is 1. The van der Waals surface area contributed by atoms with Crippen LogP contribution in [0.1, 0.15) is 26.7 Å². The third kappa shape index (κ3) is 4.57. The lowest BCUT2D eigenvalue weighted by Crippen LogP contribution is -2.41. The highest BCUT2D eigenvalue weighted by Gasteiger charge is 2.22. The van der Waals surface area contributed by atoms with Gasteiger partial charge in [-0.3, -0.25) is 19.1 Å². The fourth-order valence-corrected chi connectivity index (χ4v) is 3.37. The van der Waals surface area contributed by atoms with Crippen molar-refractivity contribution in [2.45, 2.75) is 38.1 Å². The van der Waals surface area contributed by atoms with Gasteiger partial charge in [-0.15, -0.1) is 11.8 Å². The van der Waals surface area contributed by atoms with Crippen LogP contribution in [0.5, 0.6) is 0 Å². The smallest absolute Gasteiger partial charge is 0.330 e. The minimum Gasteiger partial charge on any atom is -0.383 e. The van der Waals surface area contributed by atoms with Gasteiger partial charge in [0.2, 0.25) is 5.91 Å². The van der Waals surface area contributed by atoms with Gasteiger partial charge in [0, 0.05) is 18.0 Å². The van der Waals surface area contributed by atoms with E-state index in [2.05, 4.69) is 4.98 Å². The Hall–Kier alpha value is -2.48. The molecule has 2 aromatic rings. The molecule has 0 unspecified atom stereocenters. The number of aromatic amines is 1. The molecule has 0 spiro atoms. The minimum absolute atomic E-state index is 0.0344. The number of carbonyl (C=O) groups excluding carboxylic acids is 1. The molecule has 1 heterocycles. The Bertz CT molecular complexity index is 861. The van der Waals surface area contributed by atoms with Gasteiger partial charge in [-0.1, -0.05) is 31.5 Å². The lowest BCUT2D eigenvalue weighted by Gasteiger charge is -2.23. The SMILES string of the molecule is CCCCn1c(N)c(N(CC)C(=O)CSc2ccccc2)c(=O)[nH]c1=O. The number of nitrogens with one attached hydrogen (secondary N) is 1. The molecule has 7 nitrogen and oxygen atoms in total. The second-order valence-electron chi connectivity index (χ2n) is 5.74. The van der Waals surface area contributed by atoms with Crippen molar-refractivity contribution < 1.29 is 4.79 Å². The summed E-state index contributed by atoms with van der Waals surface area (Å²) < 4.78 is 1.32. The topological polar surface area (TPSA) is 101 Å². The molecule has 3 N–H and O–H groups in total. The fourth-order valence-electron chi connectivity index (χ4n) is 2.58. The molecule has 2 rings (SSSR count). The molecule has 1 amide bonds. The van der Waals surface area contributed by atoms with E-state index < -0.39 is 11.2 Å². The normalized spacial score (nSPS) is 10.7. The third-order valence-electron chi connectivity index (χ3n) is 3.94. The summed E-state index contributed by atoms with van der Waals surface area (Å²) in [6.07, 6.45) is 1.63. The number of unbranched alkanes of at least 4 members (excludes halogenated alkanes) is 1. The number of aromatic nitrogens is 2. The molecule has 0 aliphatic heterocycles. The van der Waals surface area contributed by atoms with E-state index in [4.69, 9.17) is 5.73 Å². The molecule has 0 aliphatic rings. The number of rotatable bonds is 8. The number of benzene rings is 1. The van der Waals surface area contributed by atoms with E-state index in [0.717, 1.165) is 17.7 Å². The molecule has 0 atom stereocenters. The Morgan fingerprint density at radius 2 is 1.92 bits per heavy atom. The number of hydrogen-bond acceptors (Lipinski definition) is 5. The van der Waals surface area contributed by atoms with E-state index in [9.17, 15) is 14.4 Å². The first-order valence-corrected chi connectivity index (χ1v) is 9.58. The van der Waals surface area contributed by atoms with E-state index in [0.29, 0.717) is 6.54 Å². The number of hydrogen-bond donors (Lipinski definition) is 2. The second-order valence-corrected chi connectivity index (χ2v) is 6.79. The molecule has 8 heteroatoms.